The minimum atomic E-state index is -0.421. The molecule has 0 radical (unpaired) electrons. The van der Waals surface area contributed by atoms with E-state index in [0.29, 0.717) is 12.1 Å². The highest BCUT2D eigenvalue weighted by Crippen LogP contribution is 2.19. The molecule has 1 N–H and O–H groups in total. The van der Waals surface area contributed by atoms with E-state index in [1.54, 1.807) is 36.6 Å². The van der Waals surface area contributed by atoms with Crippen LogP contribution in [0.2, 0.25) is 0 Å². The van der Waals surface area contributed by atoms with E-state index in [2.05, 4.69) is 5.32 Å². The molecule has 2 aromatic carbocycles. The van der Waals surface area contributed by atoms with E-state index in [-0.39, 0.29) is 28.9 Å². The van der Waals surface area contributed by atoms with Gasteiger partial charge in [-0.2, -0.15) is 0 Å². The molecule has 28 heavy (non-hydrogen) atoms. The lowest BCUT2D eigenvalue weighted by Crippen LogP contribution is -2.35. The normalized spacial score (nSPS) is 12.0. The zero-order valence-corrected chi connectivity index (χ0v) is 15.7. The van der Waals surface area contributed by atoms with Crippen LogP contribution in [0.1, 0.15) is 38.1 Å². The lowest BCUT2D eigenvalue weighted by Gasteiger charge is -2.22. The number of nitrogens with one attached hydrogen (secondary N) is 1. The quantitative estimate of drug-likeness (QED) is 0.635. The number of hydrogen-bond acceptors (Lipinski definition) is 4. The monoisotopic (exact) mass is 380 g/mol. The average Bonchev–Trinajstić information content (AvgIpc) is 3.22. The Bertz CT molecular complexity index is 950. The first-order valence-electron chi connectivity index (χ1n) is 8.84. The summed E-state index contributed by atoms with van der Waals surface area (Å²) in [6, 6.07) is 15.4. The van der Waals surface area contributed by atoms with Crippen LogP contribution >= 0.6 is 0 Å². The van der Waals surface area contributed by atoms with Crippen molar-refractivity contribution in [1.29, 1.82) is 0 Å². The van der Waals surface area contributed by atoms with Crippen LogP contribution in [0.5, 0.6) is 0 Å². The Morgan fingerprint density at radius 2 is 1.68 bits per heavy atom. The zero-order chi connectivity index (χ0) is 20.1. The molecule has 1 unspecified atom stereocenters. The highest BCUT2D eigenvalue weighted by molar-refractivity contribution is 6.15. The topological polar surface area (TPSA) is 62.6 Å². The zero-order valence-electron chi connectivity index (χ0n) is 15.7. The lowest BCUT2D eigenvalue weighted by molar-refractivity contribution is 0.0929. The van der Waals surface area contributed by atoms with Gasteiger partial charge in [0.1, 0.15) is 11.6 Å². The van der Waals surface area contributed by atoms with Crippen LogP contribution in [0, 0.1) is 5.82 Å². The number of benzene rings is 2. The van der Waals surface area contributed by atoms with Crippen LogP contribution in [0.4, 0.5) is 4.39 Å². The van der Waals surface area contributed by atoms with E-state index in [0.717, 1.165) is 5.76 Å². The Morgan fingerprint density at radius 1 is 1.00 bits per heavy atom. The second kappa shape index (κ2) is 8.63. The van der Waals surface area contributed by atoms with Gasteiger partial charge in [-0.1, -0.05) is 18.2 Å². The van der Waals surface area contributed by atoms with Crippen molar-refractivity contribution in [3.05, 3.63) is 95.2 Å². The Labute approximate surface area is 162 Å². The fraction of sp³-hybridized carbons (Fsp3) is 0.182. The molecule has 1 heterocycles. The average molecular weight is 380 g/mol. The van der Waals surface area contributed by atoms with E-state index < -0.39 is 5.82 Å². The summed E-state index contributed by atoms with van der Waals surface area (Å²) >= 11 is 0. The molecular formula is C22H21FN2O3. The second-order valence-corrected chi connectivity index (χ2v) is 6.59. The van der Waals surface area contributed by atoms with Crippen LogP contribution in [0.25, 0.3) is 0 Å². The SMILES string of the molecule is CN(C)C(CNC(=O)c1ccccc1C(=O)c1ccc(F)cc1)c1ccco1. The van der Waals surface area contributed by atoms with E-state index in [4.69, 9.17) is 4.42 Å². The number of ketones is 1. The Balaban J connectivity index is 1.79. The van der Waals surface area contributed by atoms with Gasteiger partial charge in [0.2, 0.25) is 0 Å². The molecule has 0 saturated carbocycles. The highest BCUT2D eigenvalue weighted by atomic mass is 19.1. The van der Waals surface area contributed by atoms with Gasteiger partial charge in [-0.25, -0.2) is 4.39 Å². The Kier molecular flexibility index (Phi) is 6.01. The van der Waals surface area contributed by atoms with Gasteiger partial charge >= 0.3 is 0 Å². The molecule has 0 fully saturated rings. The summed E-state index contributed by atoms with van der Waals surface area (Å²) in [7, 11) is 3.79. The molecule has 144 valence electrons. The molecule has 3 rings (SSSR count). The molecule has 0 aliphatic heterocycles. The molecule has 5 nitrogen and oxygen atoms in total. The van der Waals surface area contributed by atoms with Crippen LogP contribution < -0.4 is 5.32 Å². The molecule has 1 amide bonds. The van der Waals surface area contributed by atoms with E-state index in [1.807, 2.05) is 25.1 Å². The summed E-state index contributed by atoms with van der Waals surface area (Å²) in [6.07, 6.45) is 1.59. The molecule has 6 heteroatoms. The minimum Gasteiger partial charge on any atom is -0.468 e. The van der Waals surface area contributed by atoms with Crippen LogP contribution in [0.15, 0.2) is 71.3 Å². The van der Waals surface area contributed by atoms with Crippen molar-refractivity contribution in [2.24, 2.45) is 0 Å². The number of likely N-dealkylation sites (N-methyl/N-ethyl adjacent to an activating group) is 1. The first-order chi connectivity index (χ1) is 13.5. The third-order valence-corrected chi connectivity index (χ3v) is 4.47. The third kappa shape index (κ3) is 4.35. The fourth-order valence-corrected chi connectivity index (χ4v) is 2.94. The van der Waals surface area contributed by atoms with Crippen molar-refractivity contribution in [2.45, 2.75) is 6.04 Å². The molecule has 0 bridgehead atoms. The van der Waals surface area contributed by atoms with Gasteiger partial charge in [0, 0.05) is 17.7 Å². The molecule has 1 atom stereocenters. The molecule has 0 aliphatic rings. The Morgan fingerprint density at radius 3 is 2.29 bits per heavy atom. The molecular weight excluding hydrogens is 359 g/mol. The summed E-state index contributed by atoms with van der Waals surface area (Å²) in [5.41, 5.74) is 0.864. The van der Waals surface area contributed by atoms with Gasteiger partial charge in [0.05, 0.1) is 17.9 Å². The molecule has 0 aliphatic carbocycles. The van der Waals surface area contributed by atoms with Crippen molar-refractivity contribution in [3.8, 4) is 0 Å². The number of halogens is 1. The van der Waals surface area contributed by atoms with Crippen molar-refractivity contribution in [3.63, 3.8) is 0 Å². The van der Waals surface area contributed by atoms with Gasteiger partial charge in [0.25, 0.3) is 5.91 Å². The number of carbonyl (C=O) groups is 2. The van der Waals surface area contributed by atoms with Gasteiger partial charge in [-0.15, -0.1) is 0 Å². The predicted molar refractivity (Wildman–Crippen MR) is 104 cm³/mol. The number of nitrogens with zero attached hydrogens (tertiary/aromatic N) is 1. The van der Waals surface area contributed by atoms with E-state index in [9.17, 15) is 14.0 Å². The second-order valence-electron chi connectivity index (χ2n) is 6.59. The van der Waals surface area contributed by atoms with Crippen LogP contribution in [0.3, 0.4) is 0 Å². The van der Waals surface area contributed by atoms with Crippen molar-refractivity contribution in [2.75, 3.05) is 20.6 Å². The molecule has 0 saturated heterocycles. The van der Waals surface area contributed by atoms with E-state index >= 15 is 0 Å². The maximum Gasteiger partial charge on any atom is 0.252 e. The Hall–Kier alpha value is -3.25. The molecule has 3 aromatic rings. The van der Waals surface area contributed by atoms with Crippen molar-refractivity contribution >= 4 is 11.7 Å². The van der Waals surface area contributed by atoms with Crippen molar-refractivity contribution < 1.29 is 18.4 Å². The maximum atomic E-state index is 13.1. The number of amides is 1. The fourth-order valence-electron chi connectivity index (χ4n) is 2.94. The van der Waals surface area contributed by atoms with Gasteiger partial charge in [-0.05, 0) is 56.6 Å². The largest absolute Gasteiger partial charge is 0.468 e. The summed E-state index contributed by atoms with van der Waals surface area (Å²) in [4.78, 5) is 27.5. The number of furan rings is 1. The van der Waals surface area contributed by atoms with Crippen LogP contribution in [-0.2, 0) is 0 Å². The molecule has 0 spiro atoms. The summed E-state index contributed by atoms with van der Waals surface area (Å²) < 4.78 is 18.6. The number of carbonyl (C=O) groups excluding carboxylic acids is 2. The number of rotatable bonds is 7. The first-order valence-corrected chi connectivity index (χ1v) is 8.84. The summed E-state index contributed by atoms with van der Waals surface area (Å²) in [5, 5.41) is 2.87. The summed E-state index contributed by atoms with van der Waals surface area (Å²) in [5.74, 6) is -0.374. The third-order valence-electron chi connectivity index (χ3n) is 4.47. The summed E-state index contributed by atoms with van der Waals surface area (Å²) in [6.45, 7) is 0.318. The maximum absolute atomic E-state index is 13.1. The minimum absolute atomic E-state index is 0.140. The first kappa shape index (κ1) is 19.5. The lowest BCUT2D eigenvalue weighted by atomic mass is 9.98. The standard InChI is InChI=1S/C22H21FN2O3/c1-25(2)19(20-8-5-13-28-20)14-24-22(27)18-7-4-3-6-17(18)21(26)15-9-11-16(23)12-10-15/h3-13,19H,14H2,1-2H3,(H,24,27). The van der Waals surface area contributed by atoms with Crippen molar-refractivity contribution in [1.82, 2.24) is 10.2 Å². The van der Waals surface area contributed by atoms with Crippen LogP contribution in [-0.4, -0.2) is 37.2 Å². The van der Waals surface area contributed by atoms with Gasteiger partial charge < -0.3 is 9.73 Å². The predicted octanol–water partition coefficient (Wildman–Crippen LogP) is 3.68. The number of hydrogen-bond donors (Lipinski definition) is 1. The van der Waals surface area contributed by atoms with Gasteiger partial charge in [0.15, 0.2) is 5.78 Å². The van der Waals surface area contributed by atoms with E-state index in [1.165, 1.54) is 24.3 Å². The highest BCUT2D eigenvalue weighted by Gasteiger charge is 2.21. The smallest absolute Gasteiger partial charge is 0.252 e. The van der Waals surface area contributed by atoms with Gasteiger partial charge in [-0.3, -0.25) is 14.5 Å². The molecule has 1 aromatic heterocycles.